The molecule has 0 aromatic heterocycles. The fourth-order valence-corrected chi connectivity index (χ4v) is 4.28. The van der Waals surface area contributed by atoms with Crippen LogP contribution in [0.15, 0.2) is 24.3 Å². The first-order chi connectivity index (χ1) is 9.72. The van der Waals surface area contributed by atoms with Gasteiger partial charge >= 0.3 is 0 Å². The number of sulfonamides is 1. The molecular weight excluding hydrogens is 312 g/mol. The Hall–Kier alpha value is -1.12. The zero-order valence-corrected chi connectivity index (χ0v) is 13.9. The molecule has 0 atom stereocenters. The molecule has 0 saturated carbocycles. The van der Waals surface area contributed by atoms with Crippen molar-refractivity contribution in [3.05, 3.63) is 29.8 Å². The zero-order chi connectivity index (χ0) is 15.9. The van der Waals surface area contributed by atoms with Crippen LogP contribution in [-0.2, 0) is 26.4 Å². The van der Waals surface area contributed by atoms with Crippen molar-refractivity contribution in [1.29, 1.82) is 0 Å². The molecule has 0 saturated heterocycles. The lowest BCUT2D eigenvalue weighted by Gasteiger charge is -2.09. The van der Waals surface area contributed by atoms with E-state index in [-0.39, 0.29) is 5.75 Å². The van der Waals surface area contributed by atoms with Crippen LogP contribution in [0.5, 0.6) is 0 Å². The predicted molar refractivity (Wildman–Crippen MR) is 85.6 cm³/mol. The van der Waals surface area contributed by atoms with Crippen LogP contribution in [0, 0.1) is 0 Å². The van der Waals surface area contributed by atoms with Crippen molar-refractivity contribution in [2.75, 3.05) is 29.0 Å². The van der Waals surface area contributed by atoms with Gasteiger partial charge in [0, 0.05) is 18.5 Å². The molecule has 1 aromatic carbocycles. The standard InChI is InChI=1S/C13H22N2O4S2/c1-3-8-14-11-12-4-6-13(7-5-12)15-21(18,19)10-9-20(2,16)17/h4-7,14-15H,3,8-11H2,1-2H3. The highest BCUT2D eigenvalue weighted by Crippen LogP contribution is 2.11. The molecule has 0 radical (unpaired) electrons. The van der Waals surface area contributed by atoms with Crippen molar-refractivity contribution in [3.8, 4) is 0 Å². The molecule has 0 aliphatic rings. The van der Waals surface area contributed by atoms with E-state index in [1.807, 2.05) is 12.1 Å². The number of nitrogens with one attached hydrogen (secondary N) is 2. The first kappa shape index (κ1) is 17.9. The van der Waals surface area contributed by atoms with E-state index in [2.05, 4.69) is 17.0 Å². The third-order valence-electron chi connectivity index (χ3n) is 2.71. The van der Waals surface area contributed by atoms with E-state index in [9.17, 15) is 16.8 Å². The first-order valence-corrected chi connectivity index (χ1v) is 10.4. The van der Waals surface area contributed by atoms with Crippen molar-refractivity contribution in [1.82, 2.24) is 5.32 Å². The van der Waals surface area contributed by atoms with Gasteiger partial charge in [-0.1, -0.05) is 19.1 Å². The summed E-state index contributed by atoms with van der Waals surface area (Å²) >= 11 is 0. The van der Waals surface area contributed by atoms with Crippen LogP contribution in [-0.4, -0.2) is 41.1 Å². The van der Waals surface area contributed by atoms with Crippen LogP contribution in [0.2, 0.25) is 0 Å². The fraction of sp³-hybridized carbons (Fsp3) is 0.538. The zero-order valence-electron chi connectivity index (χ0n) is 12.3. The topological polar surface area (TPSA) is 92.3 Å². The highest BCUT2D eigenvalue weighted by molar-refractivity contribution is 7.95. The summed E-state index contributed by atoms with van der Waals surface area (Å²) in [6, 6.07) is 7.00. The number of sulfone groups is 1. The van der Waals surface area contributed by atoms with Gasteiger partial charge in [-0.3, -0.25) is 4.72 Å². The van der Waals surface area contributed by atoms with E-state index in [1.165, 1.54) is 0 Å². The molecule has 0 aliphatic carbocycles. The number of hydrogen-bond donors (Lipinski definition) is 2. The van der Waals surface area contributed by atoms with Crippen LogP contribution < -0.4 is 10.0 Å². The Morgan fingerprint density at radius 2 is 1.62 bits per heavy atom. The van der Waals surface area contributed by atoms with Crippen LogP contribution >= 0.6 is 0 Å². The minimum absolute atomic E-state index is 0.388. The summed E-state index contributed by atoms with van der Waals surface area (Å²) < 4.78 is 47.9. The Morgan fingerprint density at radius 3 is 2.14 bits per heavy atom. The van der Waals surface area contributed by atoms with E-state index >= 15 is 0 Å². The van der Waals surface area contributed by atoms with E-state index in [0.29, 0.717) is 5.69 Å². The van der Waals surface area contributed by atoms with Crippen molar-refractivity contribution in [2.45, 2.75) is 19.9 Å². The van der Waals surface area contributed by atoms with Crippen LogP contribution in [0.3, 0.4) is 0 Å². The molecule has 0 unspecified atom stereocenters. The predicted octanol–water partition coefficient (Wildman–Crippen LogP) is 0.973. The van der Waals surface area contributed by atoms with Crippen LogP contribution in [0.25, 0.3) is 0 Å². The molecule has 120 valence electrons. The second kappa shape index (κ2) is 7.77. The maximum Gasteiger partial charge on any atom is 0.233 e. The lowest BCUT2D eigenvalue weighted by Crippen LogP contribution is -2.22. The van der Waals surface area contributed by atoms with Gasteiger partial charge in [-0.25, -0.2) is 16.8 Å². The van der Waals surface area contributed by atoms with Crippen molar-refractivity contribution in [3.63, 3.8) is 0 Å². The first-order valence-electron chi connectivity index (χ1n) is 6.70. The molecule has 0 amide bonds. The van der Waals surface area contributed by atoms with Gasteiger partial charge in [0.2, 0.25) is 10.0 Å². The maximum absolute atomic E-state index is 11.8. The Kier molecular flexibility index (Phi) is 6.63. The van der Waals surface area contributed by atoms with Crippen LogP contribution in [0.1, 0.15) is 18.9 Å². The summed E-state index contributed by atoms with van der Waals surface area (Å²) in [4.78, 5) is 0. The molecule has 1 aromatic rings. The van der Waals surface area contributed by atoms with Gasteiger partial charge in [0.05, 0.1) is 11.5 Å². The minimum Gasteiger partial charge on any atom is -0.313 e. The normalized spacial score (nSPS) is 12.3. The molecule has 0 heterocycles. The van der Waals surface area contributed by atoms with Gasteiger partial charge in [0.1, 0.15) is 9.84 Å². The molecule has 2 N–H and O–H groups in total. The van der Waals surface area contributed by atoms with Gasteiger partial charge in [-0.15, -0.1) is 0 Å². The lowest BCUT2D eigenvalue weighted by molar-refractivity contribution is 0.593. The molecule has 21 heavy (non-hydrogen) atoms. The smallest absolute Gasteiger partial charge is 0.233 e. The van der Waals surface area contributed by atoms with Gasteiger partial charge < -0.3 is 5.32 Å². The molecule has 0 fully saturated rings. The fourth-order valence-electron chi connectivity index (χ4n) is 1.59. The summed E-state index contributed by atoms with van der Waals surface area (Å²) in [7, 11) is -6.94. The lowest BCUT2D eigenvalue weighted by atomic mass is 10.2. The van der Waals surface area contributed by atoms with Gasteiger partial charge in [-0.05, 0) is 30.7 Å². The number of rotatable bonds is 9. The van der Waals surface area contributed by atoms with Crippen molar-refractivity contribution >= 4 is 25.5 Å². The minimum atomic E-state index is -3.65. The summed E-state index contributed by atoms with van der Waals surface area (Å²) in [6.07, 6.45) is 2.07. The number of hydrogen-bond acceptors (Lipinski definition) is 5. The summed E-state index contributed by atoms with van der Waals surface area (Å²) in [5.74, 6) is -0.826. The van der Waals surface area contributed by atoms with E-state index < -0.39 is 25.6 Å². The Balaban J connectivity index is 2.58. The Morgan fingerprint density at radius 1 is 1.00 bits per heavy atom. The second-order valence-electron chi connectivity index (χ2n) is 4.92. The average Bonchev–Trinajstić information content (AvgIpc) is 2.38. The molecule has 0 bridgehead atoms. The number of benzene rings is 1. The van der Waals surface area contributed by atoms with E-state index in [0.717, 1.165) is 31.3 Å². The molecule has 0 aliphatic heterocycles. The SMILES string of the molecule is CCCNCc1ccc(NS(=O)(=O)CCS(C)(=O)=O)cc1. The monoisotopic (exact) mass is 334 g/mol. The largest absolute Gasteiger partial charge is 0.313 e. The Bertz CT molecular complexity index is 637. The van der Waals surface area contributed by atoms with E-state index in [4.69, 9.17) is 0 Å². The summed E-state index contributed by atoms with van der Waals surface area (Å²) in [5, 5.41) is 3.25. The molecule has 1 rings (SSSR count). The second-order valence-corrected chi connectivity index (χ2v) is 9.03. The molecule has 0 spiro atoms. The molecule has 6 nitrogen and oxygen atoms in total. The summed E-state index contributed by atoms with van der Waals surface area (Å²) in [6.45, 7) is 3.75. The molecule has 8 heteroatoms. The van der Waals surface area contributed by atoms with Crippen molar-refractivity contribution < 1.29 is 16.8 Å². The maximum atomic E-state index is 11.8. The third kappa shape index (κ3) is 8.03. The van der Waals surface area contributed by atoms with E-state index in [1.54, 1.807) is 12.1 Å². The summed E-state index contributed by atoms with van der Waals surface area (Å²) in [5.41, 5.74) is 1.49. The van der Waals surface area contributed by atoms with Gasteiger partial charge in [0.15, 0.2) is 0 Å². The Labute approximate surface area is 126 Å². The highest BCUT2D eigenvalue weighted by atomic mass is 32.2. The quantitative estimate of drug-likeness (QED) is 0.657. The number of anilines is 1. The van der Waals surface area contributed by atoms with Gasteiger partial charge in [0.25, 0.3) is 0 Å². The van der Waals surface area contributed by atoms with Crippen LogP contribution in [0.4, 0.5) is 5.69 Å². The third-order valence-corrected chi connectivity index (χ3v) is 5.20. The average molecular weight is 334 g/mol. The van der Waals surface area contributed by atoms with Gasteiger partial charge in [-0.2, -0.15) is 0 Å². The molecular formula is C13H22N2O4S2. The van der Waals surface area contributed by atoms with Crippen molar-refractivity contribution in [2.24, 2.45) is 0 Å². The highest BCUT2D eigenvalue weighted by Gasteiger charge is 2.14.